The highest BCUT2D eigenvalue weighted by Crippen LogP contribution is 2.43. The van der Waals surface area contributed by atoms with Crippen LogP contribution in [-0.4, -0.2) is 38.0 Å². The van der Waals surface area contributed by atoms with Gasteiger partial charge in [-0.05, 0) is 77.9 Å². The summed E-state index contributed by atoms with van der Waals surface area (Å²) < 4.78 is 5.42. The smallest absolute Gasteiger partial charge is 0.300 e. The van der Waals surface area contributed by atoms with Crippen LogP contribution in [0.25, 0.3) is 5.76 Å². The molecule has 4 rings (SSSR count). The first-order valence-corrected chi connectivity index (χ1v) is 12.7. The Balaban J connectivity index is 1.94. The summed E-state index contributed by atoms with van der Waals surface area (Å²) in [5, 5.41) is 11.6. The topological polar surface area (TPSA) is 70.1 Å². The third-order valence-corrected chi connectivity index (χ3v) is 7.18. The minimum Gasteiger partial charge on any atom is -0.507 e. The number of carbonyl (C=O) groups is 2. The second-order valence-corrected chi connectivity index (χ2v) is 11.1. The zero-order valence-electron chi connectivity index (χ0n) is 23.4. The van der Waals surface area contributed by atoms with Crippen molar-refractivity contribution in [2.75, 3.05) is 31.0 Å². The SMILES string of the molecule is COc1cc(C)c(/C(O)=C2\C(=O)C(=O)N(c3ccc(N(C)C)cc3)C2c2ccc(C(C)(C)C)cc2)cc1C. The van der Waals surface area contributed by atoms with E-state index in [-0.39, 0.29) is 16.7 Å². The van der Waals surface area contributed by atoms with Crippen LogP contribution in [0, 0.1) is 13.8 Å². The van der Waals surface area contributed by atoms with E-state index in [1.165, 1.54) is 4.90 Å². The number of carbonyl (C=O) groups excluding carboxylic acids is 2. The third kappa shape index (κ3) is 4.78. The molecule has 3 aromatic rings. The molecule has 1 heterocycles. The summed E-state index contributed by atoms with van der Waals surface area (Å²) in [6.45, 7) is 10.1. The van der Waals surface area contributed by atoms with Gasteiger partial charge in [0.25, 0.3) is 11.7 Å². The molecule has 6 heteroatoms. The van der Waals surface area contributed by atoms with Gasteiger partial charge < -0.3 is 14.7 Å². The number of anilines is 2. The van der Waals surface area contributed by atoms with Crippen molar-refractivity contribution in [2.45, 2.75) is 46.1 Å². The zero-order chi connectivity index (χ0) is 27.9. The van der Waals surface area contributed by atoms with Crippen molar-refractivity contribution < 1.29 is 19.4 Å². The summed E-state index contributed by atoms with van der Waals surface area (Å²) in [4.78, 5) is 30.6. The van der Waals surface area contributed by atoms with E-state index < -0.39 is 17.7 Å². The number of hydrogen-bond donors (Lipinski definition) is 1. The van der Waals surface area contributed by atoms with Crippen LogP contribution < -0.4 is 14.5 Å². The Morgan fingerprint density at radius 3 is 2.05 bits per heavy atom. The van der Waals surface area contributed by atoms with E-state index in [9.17, 15) is 14.7 Å². The average Bonchev–Trinajstić information content (AvgIpc) is 3.14. The first-order chi connectivity index (χ1) is 17.8. The molecule has 0 saturated carbocycles. The Bertz CT molecular complexity index is 1410. The molecule has 0 radical (unpaired) electrons. The molecule has 3 aromatic carbocycles. The van der Waals surface area contributed by atoms with Gasteiger partial charge in [-0.15, -0.1) is 0 Å². The lowest BCUT2D eigenvalue weighted by Gasteiger charge is -2.27. The fourth-order valence-corrected chi connectivity index (χ4v) is 4.90. The van der Waals surface area contributed by atoms with Gasteiger partial charge in [0.1, 0.15) is 11.5 Å². The Kier molecular flexibility index (Phi) is 7.11. The molecule has 0 aliphatic carbocycles. The number of hydrogen-bond acceptors (Lipinski definition) is 5. The van der Waals surface area contributed by atoms with E-state index in [1.807, 2.05) is 87.4 Å². The number of Topliss-reactive ketones (excluding diaryl/α,β-unsaturated/α-hetero) is 1. The van der Waals surface area contributed by atoms with Crippen molar-refractivity contribution in [1.82, 2.24) is 0 Å². The molecule has 1 N–H and O–H groups in total. The number of rotatable bonds is 5. The quantitative estimate of drug-likeness (QED) is 0.247. The maximum absolute atomic E-state index is 13.6. The fourth-order valence-electron chi connectivity index (χ4n) is 4.90. The van der Waals surface area contributed by atoms with E-state index >= 15 is 0 Å². The van der Waals surface area contributed by atoms with Crippen molar-refractivity contribution >= 4 is 28.8 Å². The Morgan fingerprint density at radius 2 is 1.53 bits per heavy atom. The van der Waals surface area contributed by atoms with Gasteiger partial charge >= 0.3 is 0 Å². The van der Waals surface area contributed by atoms with Gasteiger partial charge in [-0.2, -0.15) is 0 Å². The number of nitrogens with zero attached hydrogens (tertiary/aromatic N) is 2. The number of benzene rings is 3. The number of aliphatic hydroxyl groups is 1. The largest absolute Gasteiger partial charge is 0.507 e. The normalized spacial score (nSPS) is 17.2. The summed E-state index contributed by atoms with van der Waals surface area (Å²) in [7, 11) is 5.48. The van der Waals surface area contributed by atoms with E-state index in [4.69, 9.17) is 4.74 Å². The van der Waals surface area contributed by atoms with Crippen LogP contribution in [-0.2, 0) is 15.0 Å². The van der Waals surface area contributed by atoms with Crippen LogP contribution in [0.3, 0.4) is 0 Å². The van der Waals surface area contributed by atoms with Crippen molar-refractivity contribution in [1.29, 1.82) is 0 Å². The molecule has 1 amide bonds. The molecule has 198 valence electrons. The highest BCUT2D eigenvalue weighted by Gasteiger charge is 2.47. The van der Waals surface area contributed by atoms with Gasteiger partial charge in [-0.25, -0.2) is 0 Å². The van der Waals surface area contributed by atoms with Crippen LogP contribution >= 0.6 is 0 Å². The Morgan fingerprint density at radius 1 is 0.921 bits per heavy atom. The van der Waals surface area contributed by atoms with Crippen LogP contribution in [0.5, 0.6) is 5.75 Å². The molecular weight excluding hydrogens is 476 g/mol. The number of methoxy groups -OCH3 is 1. The van der Waals surface area contributed by atoms with E-state index in [0.29, 0.717) is 17.0 Å². The maximum Gasteiger partial charge on any atom is 0.300 e. The summed E-state index contributed by atoms with van der Waals surface area (Å²) in [5.74, 6) is -0.882. The summed E-state index contributed by atoms with van der Waals surface area (Å²) in [6.07, 6.45) is 0. The lowest BCUT2D eigenvalue weighted by Crippen LogP contribution is -2.29. The number of aliphatic hydroxyl groups excluding tert-OH is 1. The molecule has 0 bridgehead atoms. The standard InChI is InChI=1S/C32H36N2O4/c1-19-18-26(38-8)20(2)17-25(19)29(35)27-28(21-9-11-22(12-10-21)32(3,4)5)34(31(37)30(27)36)24-15-13-23(14-16-24)33(6)7/h9-18,28,35H,1-8H3/b29-27+. The summed E-state index contributed by atoms with van der Waals surface area (Å²) in [6, 6.07) is 18.2. The zero-order valence-corrected chi connectivity index (χ0v) is 23.4. The molecule has 1 aliphatic heterocycles. The molecule has 1 fully saturated rings. The summed E-state index contributed by atoms with van der Waals surface area (Å²) in [5.41, 5.74) is 5.52. The van der Waals surface area contributed by atoms with Gasteiger partial charge in [-0.1, -0.05) is 45.0 Å². The van der Waals surface area contributed by atoms with Crippen LogP contribution in [0.2, 0.25) is 0 Å². The molecule has 1 atom stereocenters. The molecule has 6 nitrogen and oxygen atoms in total. The van der Waals surface area contributed by atoms with Gasteiger partial charge in [0.05, 0.1) is 18.7 Å². The van der Waals surface area contributed by atoms with Crippen LogP contribution in [0.4, 0.5) is 11.4 Å². The monoisotopic (exact) mass is 512 g/mol. The molecule has 1 unspecified atom stereocenters. The molecule has 0 spiro atoms. The predicted octanol–water partition coefficient (Wildman–Crippen LogP) is 6.30. The minimum absolute atomic E-state index is 0.0555. The Hall–Kier alpha value is -4.06. The second kappa shape index (κ2) is 10.0. The van der Waals surface area contributed by atoms with E-state index in [1.54, 1.807) is 13.2 Å². The minimum atomic E-state index is -0.781. The molecular formula is C32H36N2O4. The van der Waals surface area contributed by atoms with Gasteiger partial charge in [-0.3, -0.25) is 14.5 Å². The molecule has 0 aromatic heterocycles. The highest BCUT2D eigenvalue weighted by molar-refractivity contribution is 6.51. The molecule has 38 heavy (non-hydrogen) atoms. The van der Waals surface area contributed by atoms with Gasteiger partial charge in [0.2, 0.25) is 0 Å². The van der Waals surface area contributed by atoms with Crippen molar-refractivity contribution in [3.05, 3.63) is 94.1 Å². The van der Waals surface area contributed by atoms with Crippen LogP contribution in [0.15, 0.2) is 66.2 Å². The van der Waals surface area contributed by atoms with Crippen molar-refractivity contribution in [3.63, 3.8) is 0 Å². The summed E-state index contributed by atoms with van der Waals surface area (Å²) >= 11 is 0. The van der Waals surface area contributed by atoms with Crippen molar-refractivity contribution in [2.24, 2.45) is 0 Å². The first kappa shape index (κ1) is 27.0. The molecule has 1 aliphatic rings. The number of aryl methyl sites for hydroxylation is 2. The van der Waals surface area contributed by atoms with E-state index in [2.05, 4.69) is 20.8 Å². The average molecular weight is 513 g/mol. The lowest BCUT2D eigenvalue weighted by molar-refractivity contribution is -0.132. The van der Waals surface area contributed by atoms with Gasteiger partial charge in [0.15, 0.2) is 0 Å². The maximum atomic E-state index is 13.6. The fraction of sp³-hybridized carbons (Fsp3) is 0.312. The van der Waals surface area contributed by atoms with Gasteiger partial charge in [0, 0.05) is 31.0 Å². The second-order valence-electron chi connectivity index (χ2n) is 11.1. The number of ketones is 1. The first-order valence-electron chi connectivity index (χ1n) is 12.7. The number of ether oxygens (including phenoxy) is 1. The van der Waals surface area contributed by atoms with Crippen LogP contribution in [0.1, 0.15) is 54.6 Å². The van der Waals surface area contributed by atoms with E-state index in [0.717, 1.165) is 27.9 Å². The predicted molar refractivity (Wildman–Crippen MR) is 153 cm³/mol. The number of amides is 1. The third-order valence-electron chi connectivity index (χ3n) is 7.18. The lowest BCUT2D eigenvalue weighted by atomic mass is 9.85. The van der Waals surface area contributed by atoms with Crippen molar-refractivity contribution in [3.8, 4) is 5.75 Å². The molecule has 1 saturated heterocycles. The Labute approximate surface area is 225 Å². The highest BCUT2D eigenvalue weighted by atomic mass is 16.5.